The number of para-hydroxylation sites is 1. The first-order valence-electron chi connectivity index (χ1n) is 5.55. The third-order valence-corrected chi connectivity index (χ3v) is 2.55. The highest BCUT2D eigenvalue weighted by Crippen LogP contribution is 2.22. The molecule has 0 bridgehead atoms. The first-order valence-corrected chi connectivity index (χ1v) is 5.55. The normalized spacial score (nSPS) is 9.30. The maximum absolute atomic E-state index is 10.9. The van der Waals surface area contributed by atoms with Crippen molar-refractivity contribution in [3.63, 3.8) is 0 Å². The topological polar surface area (TPSA) is 110 Å². The molecule has 0 saturated carbocycles. The third kappa shape index (κ3) is 2.55. The standard InChI is InChI=1S/C14H8N4O2/c15-6-9(7-16)8-17-11-3-1-2-10-4-5-12(14(19)20)18-13(10)11/h1-5,8,17H,(H,19,20). The van der Waals surface area contributed by atoms with Crippen LogP contribution in [0.4, 0.5) is 5.69 Å². The number of allylic oxidation sites excluding steroid dienone is 1. The maximum atomic E-state index is 10.9. The van der Waals surface area contributed by atoms with Crippen LogP contribution in [0.1, 0.15) is 10.5 Å². The molecule has 6 nitrogen and oxygen atoms in total. The van der Waals surface area contributed by atoms with Gasteiger partial charge in [0.1, 0.15) is 23.4 Å². The minimum absolute atomic E-state index is 0.0727. The minimum Gasteiger partial charge on any atom is -0.477 e. The number of anilines is 1. The largest absolute Gasteiger partial charge is 0.477 e. The van der Waals surface area contributed by atoms with Gasteiger partial charge in [-0.25, -0.2) is 9.78 Å². The number of pyridine rings is 1. The molecule has 2 rings (SSSR count). The Morgan fingerprint density at radius 3 is 2.65 bits per heavy atom. The summed E-state index contributed by atoms with van der Waals surface area (Å²) in [7, 11) is 0. The Morgan fingerprint density at radius 1 is 1.25 bits per heavy atom. The molecule has 20 heavy (non-hydrogen) atoms. The molecule has 0 spiro atoms. The summed E-state index contributed by atoms with van der Waals surface area (Å²) < 4.78 is 0. The summed E-state index contributed by atoms with van der Waals surface area (Å²) in [6.45, 7) is 0. The Morgan fingerprint density at radius 2 is 2.00 bits per heavy atom. The number of carbonyl (C=O) groups is 1. The van der Waals surface area contributed by atoms with Gasteiger partial charge in [0.15, 0.2) is 0 Å². The van der Waals surface area contributed by atoms with Gasteiger partial charge in [0.25, 0.3) is 0 Å². The minimum atomic E-state index is -1.12. The number of benzene rings is 1. The Balaban J connectivity index is 2.51. The smallest absolute Gasteiger partial charge is 0.354 e. The highest BCUT2D eigenvalue weighted by molar-refractivity contribution is 5.95. The second-order valence-corrected chi connectivity index (χ2v) is 3.80. The molecule has 6 heteroatoms. The molecule has 1 aromatic carbocycles. The van der Waals surface area contributed by atoms with Gasteiger partial charge in [-0.05, 0) is 12.1 Å². The fourth-order valence-corrected chi connectivity index (χ4v) is 1.62. The summed E-state index contributed by atoms with van der Waals surface area (Å²) in [5.74, 6) is -1.12. The molecular formula is C14H8N4O2. The molecule has 0 aliphatic carbocycles. The van der Waals surface area contributed by atoms with Gasteiger partial charge in [-0.1, -0.05) is 18.2 Å². The van der Waals surface area contributed by atoms with E-state index in [-0.39, 0.29) is 11.3 Å². The van der Waals surface area contributed by atoms with Gasteiger partial charge >= 0.3 is 5.97 Å². The molecule has 96 valence electrons. The van der Waals surface area contributed by atoms with Crippen LogP contribution >= 0.6 is 0 Å². The summed E-state index contributed by atoms with van der Waals surface area (Å²) in [6, 6.07) is 11.7. The summed E-state index contributed by atoms with van der Waals surface area (Å²) >= 11 is 0. The van der Waals surface area contributed by atoms with E-state index < -0.39 is 5.97 Å². The Labute approximate surface area is 114 Å². The van der Waals surface area contributed by atoms with Crippen LogP contribution in [0.3, 0.4) is 0 Å². The molecule has 0 amide bonds. The van der Waals surface area contributed by atoms with E-state index in [1.165, 1.54) is 12.3 Å². The lowest BCUT2D eigenvalue weighted by atomic mass is 10.1. The Bertz CT molecular complexity index is 781. The maximum Gasteiger partial charge on any atom is 0.354 e. The number of fused-ring (bicyclic) bond motifs is 1. The van der Waals surface area contributed by atoms with Crippen LogP contribution in [0.25, 0.3) is 10.9 Å². The quantitative estimate of drug-likeness (QED) is 0.823. The Hall–Kier alpha value is -3.38. The van der Waals surface area contributed by atoms with Gasteiger partial charge in [-0.3, -0.25) is 0 Å². The first kappa shape index (κ1) is 13.1. The zero-order chi connectivity index (χ0) is 14.5. The van der Waals surface area contributed by atoms with Crippen molar-refractivity contribution in [1.82, 2.24) is 4.98 Å². The lowest BCUT2D eigenvalue weighted by Crippen LogP contribution is -2.01. The SMILES string of the molecule is N#CC(C#N)=CNc1cccc2ccc(C(=O)O)nc12. The van der Waals surface area contributed by atoms with Crippen molar-refractivity contribution >= 4 is 22.6 Å². The van der Waals surface area contributed by atoms with Gasteiger partial charge in [0.05, 0.1) is 11.2 Å². The summed E-state index contributed by atoms with van der Waals surface area (Å²) in [6.07, 6.45) is 1.25. The zero-order valence-electron chi connectivity index (χ0n) is 10.2. The van der Waals surface area contributed by atoms with E-state index in [9.17, 15) is 4.79 Å². The summed E-state index contributed by atoms with van der Waals surface area (Å²) in [4.78, 5) is 15.0. The number of nitrogens with one attached hydrogen (secondary N) is 1. The number of nitrogens with zero attached hydrogens (tertiary/aromatic N) is 3. The molecule has 1 aromatic heterocycles. The lowest BCUT2D eigenvalue weighted by molar-refractivity contribution is 0.0691. The molecule has 2 aromatic rings. The van der Waals surface area contributed by atoms with Crippen LogP contribution < -0.4 is 5.32 Å². The molecule has 0 fully saturated rings. The average Bonchev–Trinajstić information content (AvgIpc) is 2.47. The van der Waals surface area contributed by atoms with E-state index in [0.29, 0.717) is 11.2 Å². The highest BCUT2D eigenvalue weighted by atomic mass is 16.4. The van der Waals surface area contributed by atoms with E-state index in [2.05, 4.69) is 10.3 Å². The lowest BCUT2D eigenvalue weighted by Gasteiger charge is -2.06. The van der Waals surface area contributed by atoms with Crippen LogP contribution in [0.5, 0.6) is 0 Å². The van der Waals surface area contributed by atoms with Gasteiger partial charge in [0, 0.05) is 11.6 Å². The van der Waals surface area contributed by atoms with Crippen LogP contribution in [0.2, 0.25) is 0 Å². The van der Waals surface area contributed by atoms with Crippen molar-refractivity contribution in [2.24, 2.45) is 0 Å². The number of carboxylic acids is 1. The van der Waals surface area contributed by atoms with E-state index in [1.54, 1.807) is 36.4 Å². The highest BCUT2D eigenvalue weighted by Gasteiger charge is 2.08. The number of carboxylic acid groups (broad SMARTS) is 1. The third-order valence-electron chi connectivity index (χ3n) is 2.55. The van der Waals surface area contributed by atoms with Gasteiger partial charge < -0.3 is 10.4 Å². The molecule has 1 heterocycles. The van der Waals surface area contributed by atoms with Gasteiger partial charge in [-0.2, -0.15) is 10.5 Å². The van der Waals surface area contributed by atoms with Crippen molar-refractivity contribution in [2.45, 2.75) is 0 Å². The number of aromatic carboxylic acids is 1. The molecule has 0 atom stereocenters. The van der Waals surface area contributed by atoms with Gasteiger partial charge in [0.2, 0.25) is 0 Å². The van der Waals surface area contributed by atoms with Crippen LogP contribution in [0.15, 0.2) is 42.1 Å². The molecule has 0 unspecified atom stereocenters. The van der Waals surface area contributed by atoms with Crippen molar-refractivity contribution in [1.29, 1.82) is 10.5 Å². The summed E-state index contributed by atoms with van der Waals surface area (Å²) in [5.41, 5.74) is 0.820. The van der Waals surface area contributed by atoms with E-state index in [4.69, 9.17) is 15.6 Å². The molecule has 0 saturated heterocycles. The zero-order valence-corrected chi connectivity index (χ0v) is 10.2. The van der Waals surface area contributed by atoms with Crippen molar-refractivity contribution < 1.29 is 9.90 Å². The predicted octanol–water partition coefficient (Wildman–Crippen LogP) is 2.28. The van der Waals surface area contributed by atoms with E-state index in [1.807, 2.05) is 0 Å². The second-order valence-electron chi connectivity index (χ2n) is 3.80. The predicted molar refractivity (Wildman–Crippen MR) is 71.6 cm³/mol. The van der Waals surface area contributed by atoms with E-state index >= 15 is 0 Å². The van der Waals surface area contributed by atoms with Crippen LogP contribution in [-0.2, 0) is 0 Å². The molecule has 0 radical (unpaired) electrons. The monoisotopic (exact) mass is 264 g/mol. The summed E-state index contributed by atoms with van der Waals surface area (Å²) in [5, 5.41) is 29.8. The van der Waals surface area contributed by atoms with Gasteiger partial charge in [-0.15, -0.1) is 0 Å². The average molecular weight is 264 g/mol. The molecular weight excluding hydrogens is 256 g/mol. The fraction of sp³-hybridized carbons (Fsp3) is 0. The molecule has 0 aliphatic rings. The second kappa shape index (κ2) is 5.51. The van der Waals surface area contributed by atoms with Crippen molar-refractivity contribution in [3.05, 3.63) is 47.8 Å². The number of nitriles is 2. The number of hydrogen-bond acceptors (Lipinski definition) is 5. The number of rotatable bonds is 3. The van der Waals surface area contributed by atoms with Crippen molar-refractivity contribution in [2.75, 3.05) is 5.32 Å². The Kier molecular flexibility index (Phi) is 3.60. The fourth-order valence-electron chi connectivity index (χ4n) is 1.62. The van der Waals surface area contributed by atoms with E-state index in [0.717, 1.165) is 5.39 Å². The molecule has 2 N–H and O–H groups in total. The van der Waals surface area contributed by atoms with Crippen molar-refractivity contribution in [3.8, 4) is 12.1 Å². The molecule has 0 aliphatic heterocycles. The first-order chi connectivity index (χ1) is 9.65. The van der Waals surface area contributed by atoms with Crippen LogP contribution in [0, 0.1) is 22.7 Å². The number of aromatic nitrogens is 1. The number of hydrogen-bond donors (Lipinski definition) is 2. The van der Waals surface area contributed by atoms with Crippen LogP contribution in [-0.4, -0.2) is 16.1 Å².